The van der Waals surface area contributed by atoms with Gasteiger partial charge in [0.25, 0.3) is 0 Å². The second kappa shape index (κ2) is 6.21. The fourth-order valence-electron chi connectivity index (χ4n) is 1.39. The van der Waals surface area contributed by atoms with Crippen LogP contribution in [-0.2, 0) is 4.79 Å². The molecule has 2 unspecified atom stereocenters. The number of amides is 2. The maximum Gasteiger partial charge on any atom is 0.320 e. The molecule has 0 fully saturated rings. The van der Waals surface area contributed by atoms with E-state index < -0.39 is 24.0 Å². The molecule has 7 nitrogen and oxygen atoms in total. The highest BCUT2D eigenvalue weighted by atomic mass is 16.4. The van der Waals surface area contributed by atoms with E-state index in [1.54, 1.807) is 30.8 Å². The van der Waals surface area contributed by atoms with E-state index in [-0.39, 0.29) is 6.04 Å². The number of carbonyl (C=O) groups is 2. The SMILES string of the molecule is CC(NC(=O)Nc1ccn(C(C)C)n1)C(C)C(=O)O. The molecule has 7 heteroatoms. The summed E-state index contributed by atoms with van der Waals surface area (Å²) in [6, 6.07) is 0.967. The summed E-state index contributed by atoms with van der Waals surface area (Å²) < 4.78 is 1.72. The van der Waals surface area contributed by atoms with Crippen molar-refractivity contribution in [1.82, 2.24) is 15.1 Å². The van der Waals surface area contributed by atoms with Crippen molar-refractivity contribution in [1.29, 1.82) is 0 Å². The average Bonchev–Trinajstić information content (AvgIpc) is 2.76. The molecule has 1 aromatic rings. The van der Waals surface area contributed by atoms with Crippen molar-refractivity contribution in [3.63, 3.8) is 0 Å². The van der Waals surface area contributed by atoms with E-state index in [0.717, 1.165) is 0 Å². The van der Waals surface area contributed by atoms with Gasteiger partial charge in [-0.05, 0) is 27.7 Å². The van der Waals surface area contributed by atoms with Crippen LogP contribution in [0.4, 0.5) is 10.6 Å². The lowest BCUT2D eigenvalue weighted by Gasteiger charge is -2.17. The molecule has 2 atom stereocenters. The first-order chi connectivity index (χ1) is 8.81. The number of aromatic nitrogens is 2. The molecule has 0 saturated heterocycles. The minimum Gasteiger partial charge on any atom is -0.481 e. The molecule has 0 aromatic carbocycles. The number of nitrogens with one attached hydrogen (secondary N) is 2. The Morgan fingerprint density at radius 3 is 2.42 bits per heavy atom. The van der Waals surface area contributed by atoms with E-state index >= 15 is 0 Å². The summed E-state index contributed by atoms with van der Waals surface area (Å²) in [7, 11) is 0. The van der Waals surface area contributed by atoms with Gasteiger partial charge >= 0.3 is 12.0 Å². The summed E-state index contributed by atoms with van der Waals surface area (Å²) in [6.45, 7) is 7.15. The Balaban J connectivity index is 2.53. The lowest BCUT2D eigenvalue weighted by atomic mass is 10.0. The van der Waals surface area contributed by atoms with Gasteiger partial charge in [0.15, 0.2) is 5.82 Å². The molecule has 0 aliphatic carbocycles. The molecular weight excluding hydrogens is 248 g/mol. The molecule has 0 spiro atoms. The second-order valence-corrected chi connectivity index (χ2v) is 4.79. The third kappa shape index (κ3) is 4.27. The number of anilines is 1. The Morgan fingerprint density at radius 1 is 1.32 bits per heavy atom. The van der Waals surface area contributed by atoms with Gasteiger partial charge in [-0.15, -0.1) is 0 Å². The van der Waals surface area contributed by atoms with Gasteiger partial charge < -0.3 is 10.4 Å². The third-order valence-corrected chi connectivity index (χ3v) is 2.88. The molecule has 2 amide bonds. The van der Waals surface area contributed by atoms with Crippen LogP contribution in [0, 0.1) is 5.92 Å². The van der Waals surface area contributed by atoms with Crippen molar-refractivity contribution in [2.24, 2.45) is 5.92 Å². The largest absolute Gasteiger partial charge is 0.481 e. The van der Waals surface area contributed by atoms with Gasteiger partial charge in [-0.1, -0.05) is 0 Å². The lowest BCUT2D eigenvalue weighted by Crippen LogP contribution is -2.42. The van der Waals surface area contributed by atoms with E-state index in [4.69, 9.17) is 5.11 Å². The van der Waals surface area contributed by atoms with E-state index in [2.05, 4.69) is 15.7 Å². The summed E-state index contributed by atoms with van der Waals surface area (Å²) in [6.07, 6.45) is 1.77. The van der Waals surface area contributed by atoms with Crippen LogP contribution < -0.4 is 10.6 Å². The Kier molecular flexibility index (Phi) is 4.91. The van der Waals surface area contributed by atoms with Crippen LogP contribution >= 0.6 is 0 Å². The molecule has 0 bridgehead atoms. The summed E-state index contributed by atoms with van der Waals surface area (Å²) in [4.78, 5) is 22.4. The Labute approximate surface area is 112 Å². The average molecular weight is 268 g/mol. The predicted octanol–water partition coefficient (Wildman–Crippen LogP) is 1.69. The number of carbonyl (C=O) groups excluding carboxylic acids is 1. The van der Waals surface area contributed by atoms with Crippen molar-refractivity contribution < 1.29 is 14.7 Å². The summed E-state index contributed by atoms with van der Waals surface area (Å²) in [5.74, 6) is -1.17. The number of hydrogen-bond acceptors (Lipinski definition) is 3. The molecule has 1 rings (SSSR count). The van der Waals surface area contributed by atoms with Crippen LogP contribution in [0.5, 0.6) is 0 Å². The van der Waals surface area contributed by atoms with E-state index in [0.29, 0.717) is 5.82 Å². The van der Waals surface area contributed by atoms with Gasteiger partial charge in [0.1, 0.15) is 0 Å². The summed E-state index contributed by atoms with van der Waals surface area (Å²) in [5, 5.41) is 18.1. The Hall–Kier alpha value is -2.05. The standard InChI is InChI=1S/C12H20N4O3/c1-7(2)16-6-5-10(15-16)14-12(19)13-9(4)8(3)11(17)18/h5-9H,1-4H3,(H,17,18)(H2,13,14,15,19). The van der Waals surface area contributed by atoms with Gasteiger partial charge in [0.2, 0.25) is 0 Å². The van der Waals surface area contributed by atoms with Crippen LogP contribution in [0.1, 0.15) is 33.7 Å². The van der Waals surface area contributed by atoms with Crippen LogP contribution in [0.3, 0.4) is 0 Å². The normalized spacial score (nSPS) is 13.9. The van der Waals surface area contributed by atoms with E-state index in [1.807, 2.05) is 13.8 Å². The molecule has 0 radical (unpaired) electrons. The first kappa shape index (κ1) is 15.0. The number of aliphatic carboxylic acids is 1. The second-order valence-electron chi connectivity index (χ2n) is 4.79. The minimum atomic E-state index is -0.947. The zero-order chi connectivity index (χ0) is 14.6. The minimum absolute atomic E-state index is 0.213. The highest BCUT2D eigenvalue weighted by Crippen LogP contribution is 2.08. The third-order valence-electron chi connectivity index (χ3n) is 2.88. The smallest absolute Gasteiger partial charge is 0.320 e. The number of carboxylic acids is 1. The number of urea groups is 1. The quantitative estimate of drug-likeness (QED) is 0.757. The van der Waals surface area contributed by atoms with Gasteiger partial charge in [-0.2, -0.15) is 5.10 Å². The predicted molar refractivity (Wildman–Crippen MR) is 71.0 cm³/mol. The Bertz CT molecular complexity index is 456. The van der Waals surface area contributed by atoms with Gasteiger partial charge in [0, 0.05) is 24.3 Å². The number of hydrogen-bond donors (Lipinski definition) is 3. The molecule has 3 N–H and O–H groups in total. The van der Waals surface area contributed by atoms with Crippen LogP contribution in [0.2, 0.25) is 0 Å². The lowest BCUT2D eigenvalue weighted by molar-refractivity contribution is -0.141. The van der Waals surface area contributed by atoms with Crippen LogP contribution in [0.15, 0.2) is 12.3 Å². The van der Waals surface area contributed by atoms with E-state index in [9.17, 15) is 9.59 Å². The number of nitrogens with zero attached hydrogens (tertiary/aromatic N) is 2. The topological polar surface area (TPSA) is 96.3 Å². The van der Waals surface area contributed by atoms with Crippen LogP contribution in [0.25, 0.3) is 0 Å². The van der Waals surface area contributed by atoms with E-state index in [1.165, 1.54) is 0 Å². The highest BCUT2D eigenvalue weighted by molar-refractivity contribution is 5.88. The summed E-state index contributed by atoms with van der Waals surface area (Å²) in [5.41, 5.74) is 0. The molecule has 0 aliphatic heterocycles. The van der Waals surface area contributed by atoms with Crippen molar-refractivity contribution in [2.75, 3.05) is 5.32 Å². The molecule has 19 heavy (non-hydrogen) atoms. The highest BCUT2D eigenvalue weighted by Gasteiger charge is 2.21. The molecule has 106 valence electrons. The first-order valence-corrected chi connectivity index (χ1v) is 6.16. The zero-order valence-corrected chi connectivity index (χ0v) is 11.5. The molecular formula is C12H20N4O3. The number of rotatable bonds is 5. The van der Waals surface area contributed by atoms with Gasteiger partial charge in [-0.3, -0.25) is 14.8 Å². The van der Waals surface area contributed by atoms with Gasteiger partial charge in [-0.25, -0.2) is 4.79 Å². The molecule has 1 aromatic heterocycles. The molecule has 1 heterocycles. The maximum atomic E-state index is 11.7. The molecule has 0 aliphatic rings. The van der Waals surface area contributed by atoms with Crippen molar-refractivity contribution in [2.45, 2.75) is 39.8 Å². The fraction of sp³-hybridized carbons (Fsp3) is 0.583. The first-order valence-electron chi connectivity index (χ1n) is 6.16. The zero-order valence-electron chi connectivity index (χ0n) is 11.5. The van der Waals surface area contributed by atoms with Crippen LogP contribution in [-0.4, -0.2) is 32.9 Å². The van der Waals surface area contributed by atoms with Crippen molar-refractivity contribution >= 4 is 17.8 Å². The summed E-state index contributed by atoms with van der Waals surface area (Å²) >= 11 is 0. The maximum absolute atomic E-state index is 11.7. The fourth-order valence-corrected chi connectivity index (χ4v) is 1.39. The van der Waals surface area contributed by atoms with Crippen molar-refractivity contribution in [3.05, 3.63) is 12.3 Å². The Morgan fingerprint density at radius 2 is 1.95 bits per heavy atom. The van der Waals surface area contributed by atoms with Gasteiger partial charge in [0.05, 0.1) is 5.92 Å². The molecule has 0 saturated carbocycles. The number of carboxylic acid groups (broad SMARTS) is 1. The van der Waals surface area contributed by atoms with Crippen molar-refractivity contribution in [3.8, 4) is 0 Å². The monoisotopic (exact) mass is 268 g/mol.